The van der Waals surface area contributed by atoms with Crippen LogP contribution in [0.4, 0.5) is 10.5 Å². The zero-order valence-electron chi connectivity index (χ0n) is 16.9. The number of benzene rings is 2. The van der Waals surface area contributed by atoms with E-state index < -0.39 is 0 Å². The van der Waals surface area contributed by atoms with Gasteiger partial charge in [0.25, 0.3) is 0 Å². The SMILES string of the molecule is COc1cc(CN(C(=O)Nc2ccc(SC(C)(C)C)cc2)C2CC2)ccc1O. The maximum absolute atomic E-state index is 12.9. The van der Waals surface area contributed by atoms with Crippen molar-refractivity contribution in [1.29, 1.82) is 0 Å². The number of hydrogen-bond donors (Lipinski definition) is 2. The van der Waals surface area contributed by atoms with E-state index in [1.165, 1.54) is 12.0 Å². The van der Waals surface area contributed by atoms with Gasteiger partial charge in [0.15, 0.2) is 11.5 Å². The van der Waals surface area contributed by atoms with Crippen LogP contribution in [0.5, 0.6) is 11.5 Å². The Hall–Kier alpha value is -2.34. The van der Waals surface area contributed by atoms with Gasteiger partial charge in [0, 0.05) is 27.9 Å². The molecule has 1 aliphatic rings. The minimum atomic E-state index is -0.106. The molecule has 1 aliphatic carbocycles. The molecule has 0 unspecified atom stereocenters. The Bertz CT molecular complexity index is 827. The van der Waals surface area contributed by atoms with Crippen LogP contribution in [0.2, 0.25) is 0 Å². The summed E-state index contributed by atoms with van der Waals surface area (Å²) in [5.74, 6) is 0.516. The fourth-order valence-electron chi connectivity index (χ4n) is 2.93. The first-order valence-corrected chi connectivity index (χ1v) is 10.3. The summed E-state index contributed by atoms with van der Waals surface area (Å²) in [6.07, 6.45) is 2.04. The van der Waals surface area contributed by atoms with Gasteiger partial charge in [-0.25, -0.2) is 4.79 Å². The van der Waals surface area contributed by atoms with Crippen molar-refractivity contribution in [2.24, 2.45) is 0 Å². The van der Waals surface area contributed by atoms with Crippen LogP contribution in [0.25, 0.3) is 0 Å². The molecule has 28 heavy (non-hydrogen) atoms. The molecule has 0 saturated heterocycles. The number of anilines is 1. The summed E-state index contributed by atoms with van der Waals surface area (Å²) in [5, 5.41) is 12.8. The average molecular weight is 401 g/mol. The lowest BCUT2D eigenvalue weighted by Gasteiger charge is -2.23. The van der Waals surface area contributed by atoms with E-state index in [0.29, 0.717) is 12.3 Å². The normalized spacial score (nSPS) is 13.9. The third-order valence-electron chi connectivity index (χ3n) is 4.38. The molecule has 6 heteroatoms. The Kier molecular flexibility index (Phi) is 6.08. The van der Waals surface area contributed by atoms with Gasteiger partial charge in [-0.2, -0.15) is 0 Å². The zero-order chi connectivity index (χ0) is 20.3. The molecular formula is C22H28N2O3S. The van der Waals surface area contributed by atoms with Gasteiger partial charge in [0.1, 0.15) is 0 Å². The van der Waals surface area contributed by atoms with Crippen molar-refractivity contribution in [1.82, 2.24) is 4.90 Å². The highest BCUT2D eigenvalue weighted by molar-refractivity contribution is 8.00. The third-order valence-corrected chi connectivity index (χ3v) is 5.50. The molecule has 0 aliphatic heterocycles. The summed E-state index contributed by atoms with van der Waals surface area (Å²) in [6.45, 7) is 7.02. The molecule has 5 nitrogen and oxygen atoms in total. The van der Waals surface area contributed by atoms with Gasteiger partial charge in [-0.05, 0) is 54.8 Å². The number of amides is 2. The van der Waals surface area contributed by atoms with Crippen molar-refractivity contribution in [3.05, 3.63) is 48.0 Å². The monoisotopic (exact) mass is 400 g/mol. The lowest BCUT2D eigenvalue weighted by Crippen LogP contribution is -2.36. The first-order valence-electron chi connectivity index (χ1n) is 9.48. The van der Waals surface area contributed by atoms with Crippen molar-refractivity contribution in [3.8, 4) is 11.5 Å². The van der Waals surface area contributed by atoms with Gasteiger partial charge in [-0.3, -0.25) is 0 Å². The van der Waals surface area contributed by atoms with Crippen LogP contribution in [0.1, 0.15) is 39.2 Å². The second-order valence-electron chi connectivity index (χ2n) is 8.03. The molecule has 1 fully saturated rings. The number of aromatic hydroxyl groups is 1. The summed E-state index contributed by atoms with van der Waals surface area (Å²) in [5.41, 5.74) is 1.71. The smallest absolute Gasteiger partial charge is 0.322 e. The average Bonchev–Trinajstić information content (AvgIpc) is 3.46. The van der Waals surface area contributed by atoms with Crippen LogP contribution in [-0.4, -0.2) is 33.9 Å². The third kappa shape index (κ3) is 5.58. The van der Waals surface area contributed by atoms with E-state index in [1.54, 1.807) is 23.9 Å². The highest BCUT2D eigenvalue weighted by Crippen LogP contribution is 2.33. The first-order chi connectivity index (χ1) is 13.2. The van der Waals surface area contributed by atoms with Crippen LogP contribution < -0.4 is 10.1 Å². The van der Waals surface area contributed by atoms with E-state index in [9.17, 15) is 9.90 Å². The van der Waals surface area contributed by atoms with Crippen LogP contribution in [0.15, 0.2) is 47.4 Å². The van der Waals surface area contributed by atoms with Crippen molar-refractivity contribution in [2.75, 3.05) is 12.4 Å². The Morgan fingerprint density at radius 2 is 1.89 bits per heavy atom. The van der Waals surface area contributed by atoms with E-state index in [4.69, 9.17) is 4.74 Å². The van der Waals surface area contributed by atoms with Crippen molar-refractivity contribution in [2.45, 2.75) is 55.8 Å². The number of rotatable bonds is 6. The molecule has 2 amide bonds. The lowest BCUT2D eigenvalue weighted by atomic mass is 10.2. The van der Waals surface area contributed by atoms with Crippen LogP contribution in [0.3, 0.4) is 0 Å². The van der Waals surface area contributed by atoms with Crippen molar-refractivity contribution >= 4 is 23.5 Å². The van der Waals surface area contributed by atoms with Gasteiger partial charge < -0.3 is 20.1 Å². The van der Waals surface area contributed by atoms with Crippen molar-refractivity contribution < 1.29 is 14.6 Å². The largest absolute Gasteiger partial charge is 0.504 e. The quantitative estimate of drug-likeness (QED) is 0.630. The fraction of sp³-hybridized carbons (Fsp3) is 0.409. The van der Waals surface area contributed by atoms with Crippen molar-refractivity contribution in [3.63, 3.8) is 0 Å². The summed E-state index contributed by atoms with van der Waals surface area (Å²) < 4.78 is 5.33. The van der Waals surface area contributed by atoms with E-state index >= 15 is 0 Å². The Morgan fingerprint density at radius 3 is 2.46 bits per heavy atom. The topological polar surface area (TPSA) is 61.8 Å². The Balaban J connectivity index is 1.67. The lowest BCUT2D eigenvalue weighted by molar-refractivity contribution is 0.206. The van der Waals surface area contributed by atoms with Crippen LogP contribution in [-0.2, 0) is 6.54 Å². The Morgan fingerprint density at radius 1 is 1.21 bits per heavy atom. The molecule has 150 valence electrons. The number of ether oxygens (including phenoxy) is 1. The highest BCUT2D eigenvalue weighted by Gasteiger charge is 2.32. The summed E-state index contributed by atoms with van der Waals surface area (Å²) >= 11 is 1.80. The first kappa shape index (κ1) is 20.4. The molecule has 2 aromatic carbocycles. The second kappa shape index (κ2) is 8.35. The predicted molar refractivity (Wildman–Crippen MR) is 114 cm³/mol. The molecule has 0 radical (unpaired) electrons. The van der Waals surface area contributed by atoms with E-state index in [-0.39, 0.29) is 22.6 Å². The fourth-order valence-corrected chi connectivity index (χ4v) is 3.90. The van der Waals surface area contributed by atoms with Gasteiger partial charge >= 0.3 is 6.03 Å². The molecular weight excluding hydrogens is 372 g/mol. The number of phenolic OH excluding ortho intramolecular Hbond substituents is 1. The molecule has 2 aromatic rings. The number of nitrogens with one attached hydrogen (secondary N) is 1. The van der Waals surface area contributed by atoms with E-state index in [0.717, 1.165) is 24.1 Å². The maximum Gasteiger partial charge on any atom is 0.322 e. The second-order valence-corrected chi connectivity index (χ2v) is 9.93. The molecule has 0 spiro atoms. The van der Waals surface area contributed by atoms with Gasteiger partial charge in [0.2, 0.25) is 0 Å². The molecule has 2 N–H and O–H groups in total. The highest BCUT2D eigenvalue weighted by atomic mass is 32.2. The molecule has 0 heterocycles. The number of thioether (sulfide) groups is 1. The van der Waals surface area contributed by atoms with E-state index in [1.807, 2.05) is 35.2 Å². The van der Waals surface area contributed by atoms with Crippen LogP contribution in [0, 0.1) is 0 Å². The summed E-state index contributed by atoms with van der Waals surface area (Å²) in [4.78, 5) is 15.9. The zero-order valence-corrected chi connectivity index (χ0v) is 17.7. The summed E-state index contributed by atoms with van der Waals surface area (Å²) in [6, 6.07) is 13.3. The number of nitrogens with zero attached hydrogens (tertiary/aromatic N) is 1. The maximum atomic E-state index is 12.9. The van der Waals surface area contributed by atoms with Gasteiger partial charge in [-0.15, -0.1) is 11.8 Å². The number of phenols is 1. The molecule has 1 saturated carbocycles. The number of carbonyl (C=O) groups excluding carboxylic acids is 1. The molecule has 0 bridgehead atoms. The minimum Gasteiger partial charge on any atom is -0.504 e. The number of carbonyl (C=O) groups is 1. The Labute approximate surface area is 171 Å². The van der Waals surface area contributed by atoms with E-state index in [2.05, 4.69) is 26.1 Å². The molecule has 0 atom stereocenters. The number of urea groups is 1. The predicted octanol–water partition coefficient (Wildman–Crippen LogP) is 5.49. The molecule has 0 aromatic heterocycles. The van der Waals surface area contributed by atoms with Gasteiger partial charge in [0.05, 0.1) is 7.11 Å². The molecule has 3 rings (SSSR count). The standard InChI is InChI=1S/C22H28N2O3S/c1-22(2,3)28-18-10-6-16(7-11-18)23-21(26)24(17-8-9-17)14-15-5-12-19(25)20(13-15)27-4/h5-7,10-13,17,25H,8-9,14H2,1-4H3,(H,23,26). The number of hydrogen-bond acceptors (Lipinski definition) is 4. The van der Waals surface area contributed by atoms with Gasteiger partial charge in [-0.1, -0.05) is 26.8 Å². The summed E-state index contributed by atoms with van der Waals surface area (Å²) in [7, 11) is 1.52. The van der Waals surface area contributed by atoms with Crippen LogP contribution >= 0.6 is 11.8 Å². The number of methoxy groups -OCH3 is 1. The minimum absolute atomic E-state index is 0.0990.